The molecule has 1 rings (SSSR count). The van der Waals surface area contributed by atoms with Gasteiger partial charge in [-0.3, -0.25) is 14.5 Å². The minimum absolute atomic E-state index is 0.110. The van der Waals surface area contributed by atoms with Gasteiger partial charge in [0.25, 0.3) is 0 Å². The quantitative estimate of drug-likeness (QED) is 0.874. The fraction of sp³-hybridized carbons (Fsp3) is 0.500. The zero-order valence-electron chi connectivity index (χ0n) is 13.8. The van der Waals surface area contributed by atoms with Crippen molar-refractivity contribution >= 4 is 29.1 Å². The van der Waals surface area contributed by atoms with E-state index in [9.17, 15) is 9.59 Å². The van der Waals surface area contributed by atoms with Crippen LogP contribution in [-0.2, 0) is 9.59 Å². The van der Waals surface area contributed by atoms with Crippen molar-refractivity contribution in [2.75, 3.05) is 25.5 Å². The molecule has 0 saturated heterocycles. The zero-order chi connectivity index (χ0) is 16.9. The highest BCUT2D eigenvalue weighted by Gasteiger charge is 2.16. The molecule has 0 atom stereocenters. The van der Waals surface area contributed by atoms with E-state index in [1.807, 2.05) is 33.8 Å². The predicted octanol–water partition coefficient (Wildman–Crippen LogP) is 2.43. The first-order chi connectivity index (χ1) is 10.1. The molecule has 0 spiro atoms. The highest BCUT2D eigenvalue weighted by Crippen LogP contribution is 2.19. The van der Waals surface area contributed by atoms with Gasteiger partial charge in [0, 0.05) is 16.2 Å². The normalized spacial score (nSPS) is 11.4. The van der Waals surface area contributed by atoms with E-state index in [2.05, 4.69) is 10.6 Å². The Morgan fingerprint density at radius 2 is 1.77 bits per heavy atom. The molecule has 0 aliphatic rings. The number of hydrogen-bond acceptors (Lipinski definition) is 3. The van der Waals surface area contributed by atoms with Gasteiger partial charge < -0.3 is 10.6 Å². The van der Waals surface area contributed by atoms with Crippen LogP contribution < -0.4 is 10.6 Å². The minimum atomic E-state index is -0.279. The van der Waals surface area contributed by atoms with Crippen LogP contribution in [0.3, 0.4) is 0 Å². The molecule has 0 unspecified atom stereocenters. The van der Waals surface area contributed by atoms with Gasteiger partial charge in [-0.15, -0.1) is 0 Å². The number of aryl methyl sites for hydroxylation is 1. The van der Waals surface area contributed by atoms with Gasteiger partial charge >= 0.3 is 0 Å². The van der Waals surface area contributed by atoms with Gasteiger partial charge in [-0.05, 0) is 52.4 Å². The number of hydrogen-bond donors (Lipinski definition) is 2. The van der Waals surface area contributed by atoms with E-state index in [0.717, 1.165) is 5.56 Å². The highest BCUT2D eigenvalue weighted by atomic mass is 35.5. The number of anilines is 1. The first-order valence-corrected chi connectivity index (χ1v) is 7.50. The fourth-order valence-electron chi connectivity index (χ4n) is 1.88. The molecule has 1 aromatic rings. The van der Waals surface area contributed by atoms with Crippen LogP contribution in [0.25, 0.3) is 0 Å². The largest absolute Gasteiger partial charge is 0.350 e. The summed E-state index contributed by atoms with van der Waals surface area (Å²) >= 11 is 6.02. The van der Waals surface area contributed by atoms with Crippen LogP contribution in [0.5, 0.6) is 0 Å². The second kappa shape index (κ2) is 7.61. The van der Waals surface area contributed by atoms with Crippen LogP contribution in [0, 0.1) is 6.92 Å². The predicted molar refractivity (Wildman–Crippen MR) is 90.2 cm³/mol. The minimum Gasteiger partial charge on any atom is -0.350 e. The molecule has 0 saturated carbocycles. The van der Waals surface area contributed by atoms with Gasteiger partial charge in [0.2, 0.25) is 11.8 Å². The van der Waals surface area contributed by atoms with E-state index >= 15 is 0 Å². The molecule has 2 N–H and O–H groups in total. The van der Waals surface area contributed by atoms with Gasteiger partial charge in [-0.2, -0.15) is 0 Å². The molecule has 0 aromatic heterocycles. The first-order valence-electron chi connectivity index (χ1n) is 7.12. The lowest BCUT2D eigenvalue weighted by molar-refractivity contribution is -0.124. The van der Waals surface area contributed by atoms with Crippen LogP contribution in [-0.4, -0.2) is 42.4 Å². The van der Waals surface area contributed by atoms with Gasteiger partial charge in [0.05, 0.1) is 13.1 Å². The van der Waals surface area contributed by atoms with Crippen LogP contribution in [0.1, 0.15) is 26.3 Å². The van der Waals surface area contributed by atoms with Crippen molar-refractivity contribution in [2.24, 2.45) is 0 Å². The number of halogens is 1. The van der Waals surface area contributed by atoms with Crippen molar-refractivity contribution in [1.82, 2.24) is 10.2 Å². The lowest BCUT2D eigenvalue weighted by Crippen LogP contribution is -2.46. The maximum absolute atomic E-state index is 12.0. The molecule has 2 amide bonds. The van der Waals surface area contributed by atoms with E-state index in [1.54, 1.807) is 24.1 Å². The molecule has 1 aromatic carbocycles. The third-order valence-electron chi connectivity index (χ3n) is 2.80. The third kappa shape index (κ3) is 6.91. The van der Waals surface area contributed by atoms with Crippen LogP contribution in [0.4, 0.5) is 5.69 Å². The van der Waals surface area contributed by atoms with E-state index in [0.29, 0.717) is 10.7 Å². The molecule has 22 heavy (non-hydrogen) atoms. The summed E-state index contributed by atoms with van der Waals surface area (Å²) in [5, 5.41) is 6.23. The number of nitrogens with one attached hydrogen (secondary N) is 2. The second-order valence-corrected chi connectivity index (χ2v) is 6.89. The SMILES string of the molecule is Cc1ccc(NC(=O)CN(C)CC(=O)NC(C)(C)C)cc1Cl. The van der Waals surface area contributed by atoms with Crippen molar-refractivity contribution in [3.05, 3.63) is 28.8 Å². The number of carbonyl (C=O) groups is 2. The molecule has 5 nitrogen and oxygen atoms in total. The van der Waals surface area contributed by atoms with Crippen molar-refractivity contribution < 1.29 is 9.59 Å². The summed E-state index contributed by atoms with van der Waals surface area (Å²) in [6.45, 7) is 7.94. The summed E-state index contributed by atoms with van der Waals surface area (Å²) in [6, 6.07) is 5.35. The molecule has 0 bridgehead atoms. The number of likely N-dealkylation sites (N-methyl/N-ethyl adjacent to an activating group) is 1. The summed E-state index contributed by atoms with van der Waals surface area (Å²) in [4.78, 5) is 25.4. The number of rotatable bonds is 5. The molecule has 122 valence electrons. The molecular formula is C16H24ClN3O2. The molecule has 0 heterocycles. The monoisotopic (exact) mass is 325 g/mol. The second-order valence-electron chi connectivity index (χ2n) is 6.48. The summed E-state index contributed by atoms with van der Waals surface area (Å²) in [6.07, 6.45) is 0. The Hall–Kier alpha value is -1.59. The van der Waals surface area contributed by atoms with Crippen molar-refractivity contribution in [3.8, 4) is 0 Å². The van der Waals surface area contributed by atoms with E-state index in [-0.39, 0.29) is 30.4 Å². The zero-order valence-corrected chi connectivity index (χ0v) is 14.5. The van der Waals surface area contributed by atoms with Gasteiger partial charge in [-0.25, -0.2) is 0 Å². The maximum Gasteiger partial charge on any atom is 0.238 e. The van der Waals surface area contributed by atoms with E-state index < -0.39 is 0 Å². The summed E-state index contributed by atoms with van der Waals surface area (Å²) in [7, 11) is 1.73. The van der Waals surface area contributed by atoms with Crippen LogP contribution >= 0.6 is 11.6 Å². The first kappa shape index (κ1) is 18.5. The van der Waals surface area contributed by atoms with Gasteiger partial charge in [0.15, 0.2) is 0 Å². The fourth-order valence-corrected chi connectivity index (χ4v) is 2.06. The lowest BCUT2D eigenvalue weighted by Gasteiger charge is -2.23. The highest BCUT2D eigenvalue weighted by molar-refractivity contribution is 6.31. The number of carbonyl (C=O) groups excluding carboxylic acids is 2. The topological polar surface area (TPSA) is 61.4 Å². The average molecular weight is 326 g/mol. The molecule has 0 aliphatic heterocycles. The average Bonchev–Trinajstić information content (AvgIpc) is 2.30. The van der Waals surface area contributed by atoms with Crippen LogP contribution in [0.15, 0.2) is 18.2 Å². The summed E-state index contributed by atoms with van der Waals surface area (Å²) in [5.74, 6) is -0.299. The summed E-state index contributed by atoms with van der Waals surface area (Å²) < 4.78 is 0. The smallest absolute Gasteiger partial charge is 0.238 e. The Labute approximate surface area is 137 Å². The van der Waals surface area contributed by atoms with Crippen molar-refractivity contribution in [1.29, 1.82) is 0 Å². The maximum atomic E-state index is 12.0. The Kier molecular flexibility index (Phi) is 6.38. The number of nitrogens with zero attached hydrogens (tertiary/aromatic N) is 1. The Bertz CT molecular complexity index is 553. The van der Waals surface area contributed by atoms with Crippen LogP contribution in [0.2, 0.25) is 5.02 Å². The van der Waals surface area contributed by atoms with Crippen molar-refractivity contribution in [2.45, 2.75) is 33.2 Å². The van der Waals surface area contributed by atoms with E-state index in [1.165, 1.54) is 0 Å². The van der Waals surface area contributed by atoms with Crippen molar-refractivity contribution in [3.63, 3.8) is 0 Å². The lowest BCUT2D eigenvalue weighted by atomic mass is 10.1. The molecule has 0 aliphatic carbocycles. The van der Waals surface area contributed by atoms with E-state index in [4.69, 9.17) is 11.6 Å². The summed E-state index contributed by atoms with van der Waals surface area (Å²) in [5.41, 5.74) is 1.32. The third-order valence-corrected chi connectivity index (χ3v) is 3.20. The molecule has 0 fully saturated rings. The molecule has 6 heteroatoms. The van der Waals surface area contributed by atoms with Gasteiger partial charge in [0.1, 0.15) is 0 Å². The number of benzene rings is 1. The molecular weight excluding hydrogens is 302 g/mol. The number of amides is 2. The Morgan fingerprint density at radius 3 is 2.32 bits per heavy atom. The standard InChI is InChI=1S/C16H24ClN3O2/c1-11-6-7-12(8-13(11)17)18-14(21)9-20(5)10-15(22)19-16(2,3)4/h6-8H,9-10H2,1-5H3,(H,18,21)(H,19,22). The van der Waals surface area contributed by atoms with Gasteiger partial charge in [-0.1, -0.05) is 17.7 Å². The Morgan fingerprint density at radius 1 is 1.18 bits per heavy atom. The Balaban J connectivity index is 2.47. The molecule has 0 radical (unpaired) electrons.